The summed E-state index contributed by atoms with van der Waals surface area (Å²) >= 11 is 8.19. The van der Waals surface area contributed by atoms with E-state index in [9.17, 15) is 4.79 Å². The van der Waals surface area contributed by atoms with Crippen LogP contribution in [0.25, 0.3) is 0 Å². The molecule has 0 bridgehead atoms. The Bertz CT molecular complexity index is 555. The van der Waals surface area contributed by atoms with Gasteiger partial charge in [0.05, 0.1) is 14.2 Å². The normalized spacial score (nSPS) is 10.0. The lowest BCUT2D eigenvalue weighted by atomic mass is 10.2. The van der Waals surface area contributed by atoms with Crippen molar-refractivity contribution in [3.8, 4) is 11.5 Å². The van der Waals surface area contributed by atoms with Crippen LogP contribution in [0.3, 0.4) is 0 Å². The molecule has 2 aromatic carbocycles. The highest BCUT2D eigenvalue weighted by Gasteiger charge is 2.10. The van der Waals surface area contributed by atoms with Crippen molar-refractivity contribution in [2.45, 2.75) is 0 Å². The van der Waals surface area contributed by atoms with Crippen molar-refractivity contribution in [2.75, 3.05) is 0 Å². The summed E-state index contributed by atoms with van der Waals surface area (Å²) in [5, 5.41) is 0.425. The summed E-state index contributed by atoms with van der Waals surface area (Å²) in [6.07, 6.45) is 0.733. The van der Waals surface area contributed by atoms with E-state index in [1.54, 1.807) is 18.2 Å². The molecular formula is C13H8ClIO2. The summed E-state index contributed by atoms with van der Waals surface area (Å²) in [6.45, 7) is 0. The number of para-hydroxylation sites is 2. The highest BCUT2D eigenvalue weighted by molar-refractivity contribution is 14.1. The molecule has 2 aromatic rings. The van der Waals surface area contributed by atoms with E-state index in [0.29, 0.717) is 22.1 Å². The van der Waals surface area contributed by atoms with E-state index in [1.807, 2.05) is 24.3 Å². The highest BCUT2D eigenvalue weighted by Crippen LogP contribution is 2.33. The third kappa shape index (κ3) is 2.79. The van der Waals surface area contributed by atoms with Crippen molar-refractivity contribution in [3.05, 3.63) is 56.6 Å². The van der Waals surface area contributed by atoms with Crippen LogP contribution in [0.1, 0.15) is 10.4 Å². The summed E-state index contributed by atoms with van der Waals surface area (Å²) in [5.74, 6) is 1.08. The summed E-state index contributed by atoms with van der Waals surface area (Å²) < 4.78 is 6.65. The Kier molecular flexibility index (Phi) is 4.02. The van der Waals surface area contributed by atoms with Crippen LogP contribution in [0.5, 0.6) is 11.5 Å². The van der Waals surface area contributed by atoms with Gasteiger partial charge in [-0.05, 0) is 46.9 Å². The number of rotatable bonds is 3. The second kappa shape index (κ2) is 5.51. The molecule has 0 radical (unpaired) electrons. The van der Waals surface area contributed by atoms with Gasteiger partial charge in [-0.3, -0.25) is 4.79 Å². The zero-order chi connectivity index (χ0) is 12.3. The second-order valence-electron chi connectivity index (χ2n) is 3.31. The number of aldehydes is 1. The first-order valence-corrected chi connectivity index (χ1v) is 6.34. The van der Waals surface area contributed by atoms with Gasteiger partial charge >= 0.3 is 0 Å². The fourth-order valence-corrected chi connectivity index (χ4v) is 2.08. The Labute approximate surface area is 118 Å². The molecule has 0 atom stereocenters. The first kappa shape index (κ1) is 12.4. The van der Waals surface area contributed by atoms with Crippen molar-refractivity contribution in [1.82, 2.24) is 0 Å². The molecular weight excluding hydrogens is 350 g/mol. The van der Waals surface area contributed by atoms with Gasteiger partial charge in [0.1, 0.15) is 5.75 Å². The van der Waals surface area contributed by atoms with Crippen LogP contribution in [0, 0.1) is 3.57 Å². The summed E-state index contributed by atoms with van der Waals surface area (Å²) in [5.41, 5.74) is 0.442. The predicted octanol–water partition coefficient (Wildman–Crippen LogP) is 4.55. The van der Waals surface area contributed by atoms with Crippen molar-refractivity contribution >= 4 is 40.5 Å². The quantitative estimate of drug-likeness (QED) is 0.594. The fraction of sp³-hybridized carbons (Fsp3) is 0. The van der Waals surface area contributed by atoms with E-state index >= 15 is 0 Å². The Morgan fingerprint density at radius 2 is 1.88 bits per heavy atom. The number of carbonyl (C=O) groups is 1. The van der Waals surface area contributed by atoms with Crippen LogP contribution >= 0.6 is 34.2 Å². The van der Waals surface area contributed by atoms with Crippen LogP contribution in [-0.4, -0.2) is 6.29 Å². The second-order valence-corrected chi connectivity index (χ2v) is 4.88. The van der Waals surface area contributed by atoms with Gasteiger partial charge in [0.2, 0.25) is 0 Å². The lowest BCUT2D eigenvalue weighted by Gasteiger charge is -2.10. The molecule has 0 heterocycles. The maximum Gasteiger partial charge on any atom is 0.156 e. The number of carbonyl (C=O) groups excluding carboxylic acids is 1. The third-order valence-corrected chi connectivity index (χ3v) is 3.36. The maximum atomic E-state index is 10.9. The van der Waals surface area contributed by atoms with Gasteiger partial charge in [-0.1, -0.05) is 29.8 Å². The van der Waals surface area contributed by atoms with E-state index in [4.69, 9.17) is 16.3 Å². The monoisotopic (exact) mass is 358 g/mol. The summed E-state index contributed by atoms with van der Waals surface area (Å²) in [7, 11) is 0. The SMILES string of the molecule is O=Cc1cccc(Cl)c1Oc1ccccc1I. The first-order valence-electron chi connectivity index (χ1n) is 4.88. The van der Waals surface area contributed by atoms with Gasteiger partial charge in [0.15, 0.2) is 12.0 Å². The minimum absolute atomic E-state index is 0.397. The molecule has 0 aliphatic carbocycles. The molecule has 2 rings (SSSR count). The van der Waals surface area contributed by atoms with Gasteiger partial charge in [-0.2, -0.15) is 0 Å². The Morgan fingerprint density at radius 1 is 1.12 bits per heavy atom. The minimum Gasteiger partial charge on any atom is -0.454 e. The molecule has 0 N–H and O–H groups in total. The molecule has 0 aliphatic heterocycles. The van der Waals surface area contributed by atoms with Gasteiger partial charge < -0.3 is 4.74 Å². The number of hydrogen-bond donors (Lipinski definition) is 0. The summed E-state index contributed by atoms with van der Waals surface area (Å²) in [4.78, 5) is 10.9. The van der Waals surface area contributed by atoms with Gasteiger partial charge in [0, 0.05) is 0 Å². The van der Waals surface area contributed by atoms with E-state index < -0.39 is 0 Å². The number of hydrogen-bond acceptors (Lipinski definition) is 2. The Morgan fingerprint density at radius 3 is 2.59 bits per heavy atom. The average Bonchev–Trinajstić information content (AvgIpc) is 2.34. The van der Waals surface area contributed by atoms with Crippen LogP contribution in [0.2, 0.25) is 5.02 Å². The van der Waals surface area contributed by atoms with Crippen LogP contribution in [0.15, 0.2) is 42.5 Å². The maximum absolute atomic E-state index is 10.9. The highest BCUT2D eigenvalue weighted by atomic mass is 127. The van der Waals surface area contributed by atoms with E-state index in [1.165, 1.54) is 0 Å². The predicted molar refractivity (Wildman–Crippen MR) is 76.1 cm³/mol. The molecule has 0 saturated carbocycles. The van der Waals surface area contributed by atoms with Crippen molar-refractivity contribution in [3.63, 3.8) is 0 Å². The molecule has 0 aliphatic rings. The zero-order valence-corrected chi connectivity index (χ0v) is 11.6. The van der Waals surface area contributed by atoms with E-state index in [0.717, 1.165) is 9.86 Å². The molecule has 0 aromatic heterocycles. The number of halogens is 2. The first-order chi connectivity index (χ1) is 8.22. The smallest absolute Gasteiger partial charge is 0.156 e. The molecule has 86 valence electrons. The molecule has 4 heteroatoms. The van der Waals surface area contributed by atoms with Gasteiger partial charge in [-0.25, -0.2) is 0 Å². The van der Waals surface area contributed by atoms with Crippen LogP contribution < -0.4 is 4.74 Å². The van der Waals surface area contributed by atoms with E-state index in [-0.39, 0.29) is 0 Å². The van der Waals surface area contributed by atoms with Crippen molar-refractivity contribution < 1.29 is 9.53 Å². The van der Waals surface area contributed by atoms with Gasteiger partial charge in [-0.15, -0.1) is 0 Å². The van der Waals surface area contributed by atoms with Gasteiger partial charge in [0.25, 0.3) is 0 Å². The Hall–Kier alpha value is -1.07. The van der Waals surface area contributed by atoms with E-state index in [2.05, 4.69) is 22.6 Å². The lowest BCUT2D eigenvalue weighted by Crippen LogP contribution is -1.92. The molecule has 0 unspecified atom stereocenters. The van der Waals surface area contributed by atoms with Crippen molar-refractivity contribution in [2.24, 2.45) is 0 Å². The molecule has 2 nitrogen and oxygen atoms in total. The topological polar surface area (TPSA) is 26.3 Å². The number of ether oxygens (including phenoxy) is 1. The standard InChI is InChI=1S/C13H8ClIO2/c14-10-5-3-4-9(8-16)13(10)17-12-7-2-1-6-11(12)15/h1-8H. The van der Waals surface area contributed by atoms with Crippen LogP contribution in [-0.2, 0) is 0 Å². The van der Waals surface area contributed by atoms with Crippen LogP contribution in [0.4, 0.5) is 0 Å². The zero-order valence-electron chi connectivity index (χ0n) is 8.69. The molecule has 0 fully saturated rings. The Balaban J connectivity index is 2.43. The largest absolute Gasteiger partial charge is 0.454 e. The molecule has 0 saturated heterocycles. The molecule has 0 spiro atoms. The minimum atomic E-state index is 0.397. The molecule has 0 amide bonds. The number of benzene rings is 2. The third-order valence-electron chi connectivity index (χ3n) is 2.17. The lowest BCUT2D eigenvalue weighted by molar-refractivity contribution is 0.112. The molecule has 17 heavy (non-hydrogen) atoms. The average molecular weight is 359 g/mol. The van der Waals surface area contributed by atoms with Crippen molar-refractivity contribution in [1.29, 1.82) is 0 Å². The summed E-state index contributed by atoms with van der Waals surface area (Å²) in [6, 6.07) is 12.6. The fourth-order valence-electron chi connectivity index (χ4n) is 1.36.